The lowest BCUT2D eigenvalue weighted by molar-refractivity contribution is 0.0280. The number of nitrogens with one attached hydrogen (secondary N) is 1. The maximum atomic E-state index is 13.2. The first kappa shape index (κ1) is 17.1. The van der Waals surface area contributed by atoms with Crippen molar-refractivity contribution in [3.63, 3.8) is 0 Å². The van der Waals surface area contributed by atoms with Crippen LogP contribution < -0.4 is 4.72 Å². The molecule has 0 saturated heterocycles. The quantitative estimate of drug-likeness (QED) is 0.856. The van der Waals surface area contributed by atoms with Gasteiger partial charge in [0.2, 0.25) is 10.0 Å². The number of benzene rings is 1. The summed E-state index contributed by atoms with van der Waals surface area (Å²) in [6.45, 7) is 1.56. The molecule has 1 saturated carbocycles. The van der Waals surface area contributed by atoms with Crippen LogP contribution in [0.3, 0.4) is 0 Å². The van der Waals surface area contributed by atoms with E-state index in [-0.39, 0.29) is 10.8 Å². The number of hydrogen-bond acceptors (Lipinski definition) is 4. The summed E-state index contributed by atoms with van der Waals surface area (Å²) in [4.78, 5) is 0.0534. The molecule has 0 unspecified atom stereocenters. The van der Waals surface area contributed by atoms with Gasteiger partial charge in [0.1, 0.15) is 5.82 Å². The van der Waals surface area contributed by atoms with E-state index in [4.69, 9.17) is 0 Å². The number of aryl methyl sites for hydroxylation is 2. The molecule has 0 amide bonds. The van der Waals surface area contributed by atoms with Gasteiger partial charge in [-0.25, -0.2) is 17.5 Å². The van der Waals surface area contributed by atoms with Crippen molar-refractivity contribution in [1.29, 1.82) is 0 Å². The van der Waals surface area contributed by atoms with Crippen LogP contribution in [0, 0.1) is 18.7 Å². The highest BCUT2D eigenvalue weighted by atomic mass is 32.2. The maximum Gasteiger partial charge on any atom is 0.241 e. The molecule has 6 nitrogen and oxygen atoms in total. The van der Waals surface area contributed by atoms with Gasteiger partial charge in [0.05, 0.1) is 23.2 Å². The van der Waals surface area contributed by atoms with Crippen molar-refractivity contribution in [3.8, 4) is 0 Å². The van der Waals surface area contributed by atoms with E-state index in [0.29, 0.717) is 18.4 Å². The third-order valence-corrected chi connectivity index (χ3v) is 6.01. The highest BCUT2D eigenvalue weighted by Crippen LogP contribution is 2.39. The SMILES string of the molecule is Cc1cc(F)ccc1S(=O)(=O)N[C@H](c1cnn(C)c1)C1CC(O)C1. The number of aromatic nitrogens is 2. The number of sulfonamides is 1. The van der Waals surface area contributed by atoms with Gasteiger partial charge in [0.25, 0.3) is 0 Å². The molecule has 8 heteroatoms. The molecule has 0 aliphatic heterocycles. The first-order valence-corrected chi connectivity index (χ1v) is 9.19. The Hall–Kier alpha value is -1.77. The Morgan fingerprint density at radius 1 is 1.42 bits per heavy atom. The zero-order valence-corrected chi connectivity index (χ0v) is 14.3. The van der Waals surface area contributed by atoms with E-state index in [1.807, 2.05) is 0 Å². The second-order valence-corrected chi connectivity index (χ2v) is 8.02. The Morgan fingerprint density at radius 3 is 2.67 bits per heavy atom. The van der Waals surface area contributed by atoms with Crippen LogP contribution in [0.4, 0.5) is 4.39 Å². The van der Waals surface area contributed by atoms with E-state index in [9.17, 15) is 17.9 Å². The van der Waals surface area contributed by atoms with Gasteiger partial charge in [-0.15, -0.1) is 0 Å². The number of nitrogens with zero attached hydrogens (tertiary/aromatic N) is 2. The van der Waals surface area contributed by atoms with Crippen LogP contribution in [0.25, 0.3) is 0 Å². The molecule has 0 bridgehead atoms. The highest BCUT2D eigenvalue weighted by Gasteiger charge is 2.38. The molecule has 1 fully saturated rings. The molecular formula is C16H20FN3O3S. The van der Waals surface area contributed by atoms with E-state index in [2.05, 4.69) is 9.82 Å². The zero-order valence-electron chi connectivity index (χ0n) is 13.5. The van der Waals surface area contributed by atoms with Crippen molar-refractivity contribution in [2.75, 3.05) is 0 Å². The van der Waals surface area contributed by atoms with Gasteiger partial charge in [-0.2, -0.15) is 5.10 Å². The first-order chi connectivity index (χ1) is 11.3. The fourth-order valence-corrected chi connectivity index (χ4v) is 4.60. The molecule has 1 aliphatic carbocycles. The maximum absolute atomic E-state index is 13.2. The predicted octanol–water partition coefficient (Wildman–Crippen LogP) is 1.66. The molecule has 1 heterocycles. The van der Waals surface area contributed by atoms with E-state index < -0.39 is 28.0 Å². The summed E-state index contributed by atoms with van der Waals surface area (Å²) in [7, 11) is -2.06. The Morgan fingerprint density at radius 2 is 2.12 bits per heavy atom. The summed E-state index contributed by atoms with van der Waals surface area (Å²) >= 11 is 0. The van der Waals surface area contributed by atoms with Gasteiger partial charge in [-0.1, -0.05) is 0 Å². The Kier molecular flexibility index (Phi) is 4.46. The van der Waals surface area contributed by atoms with Crippen LogP contribution in [0.5, 0.6) is 0 Å². The van der Waals surface area contributed by atoms with E-state index >= 15 is 0 Å². The number of rotatable bonds is 5. The third kappa shape index (κ3) is 3.35. The second kappa shape index (κ2) is 6.27. The lowest BCUT2D eigenvalue weighted by atomic mass is 9.76. The smallest absolute Gasteiger partial charge is 0.241 e. The largest absolute Gasteiger partial charge is 0.393 e. The van der Waals surface area contributed by atoms with Crippen LogP contribution in [0.2, 0.25) is 0 Å². The molecule has 1 atom stereocenters. The fraction of sp³-hybridized carbons (Fsp3) is 0.438. The minimum atomic E-state index is -3.82. The highest BCUT2D eigenvalue weighted by molar-refractivity contribution is 7.89. The summed E-state index contributed by atoms with van der Waals surface area (Å²) in [5, 5.41) is 13.7. The molecule has 1 aromatic heterocycles. The Bertz CT molecular complexity index is 844. The van der Waals surface area contributed by atoms with Crippen molar-refractivity contribution in [3.05, 3.63) is 47.5 Å². The number of halogens is 1. The molecule has 24 heavy (non-hydrogen) atoms. The molecule has 0 radical (unpaired) electrons. The number of aliphatic hydroxyl groups excluding tert-OH is 1. The van der Waals surface area contributed by atoms with Gasteiger partial charge < -0.3 is 5.11 Å². The summed E-state index contributed by atoms with van der Waals surface area (Å²) in [6, 6.07) is 3.12. The summed E-state index contributed by atoms with van der Waals surface area (Å²) < 4.78 is 43.1. The van der Waals surface area contributed by atoms with Gasteiger partial charge >= 0.3 is 0 Å². The minimum absolute atomic E-state index is 0.000250. The molecule has 1 aliphatic rings. The van der Waals surface area contributed by atoms with Crippen LogP contribution >= 0.6 is 0 Å². The molecule has 0 spiro atoms. The van der Waals surface area contributed by atoms with Crippen molar-refractivity contribution in [2.24, 2.45) is 13.0 Å². The van der Waals surface area contributed by atoms with Gasteiger partial charge in [-0.05, 0) is 49.4 Å². The standard InChI is InChI=1S/C16H20FN3O3S/c1-10-5-13(17)3-4-15(10)24(22,23)19-16(11-6-14(21)7-11)12-8-18-20(2)9-12/h3-5,8-9,11,14,16,19,21H,6-7H2,1-2H3/t11?,14?,16-/m0/s1. The van der Waals surface area contributed by atoms with E-state index in [0.717, 1.165) is 11.6 Å². The molecule has 1 aromatic carbocycles. The van der Waals surface area contributed by atoms with Crippen LogP contribution in [-0.2, 0) is 17.1 Å². The number of hydrogen-bond donors (Lipinski definition) is 2. The zero-order chi connectivity index (χ0) is 17.5. The third-order valence-electron chi connectivity index (χ3n) is 4.41. The van der Waals surface area contributed by atoms with Crippen molar-refractivity contribution >= 4 is 10.0 Å². The van der Waals surface area contributed by atoms with Crippen LogP contribution in [0.1, 0.15) is 30.0 Å². The monoisotopic (exact) mass is 353 g/mol. The van der Waals surface area contributed by atoms with Gasteiger partial charge in [0.15, 0.2) is 0 Å². The average molecular weight is 353 g/mol. The van der Waals surface area contributed by atoms with Gasteiger partial charge in [-0.3, -0.25) is 4.68 Å². The minimum Gasteiger partial charge on any atom is -0.393 e. The summed E-state index contributed by atoms with van der Waals surface area (Å²) in [5.74, 6) is -0.475. The molecule has 3 rings (SSSR count). The summed E-state index contributed by atoms with van der Waals surface area (Å²) in [5.41, 5.74) is 1.10. The molecule has 2 N–H and O–H groups in total. The fourth-order valence-electron chi connectivity index (χ4n) is 3.08. The molecule has 130 valence electrons. The van der Waals surface area contributed by atoms with Crippen LogP contribution in [-0.4, -0.2) is 29.4 Å². The number of aliphatic hydroxyl groups is 1. The van der Waals surface area contributed by atoms with Gasteiger partial charge in [0, 0.05) is 18.8 Å². The first-order valence-electron chi connectivity index (χ1n) is 7.71. The normalized spacial score (nSPS) is 22.2. The average Bonchev–Trinajstić information content (AvgIpc) is 2.88. The second-order valence-electron chi connectivity index (χ2n) is 6.34. The van der Waals surface area contributed by atoms with Crippen molar-refractivity contribution < 1.29 is 17.9 Å². The molecular weight excluding hydrogens is 333 g/mol. The lowest BCUT2D eigenvalue weighted by Gasteiger charge is -2.37. The predicted molar refractivity (Wildman–Crippen MR) is 86.1 cm³/mol. The molecule has 2 aromatic rings. The van der Waals surface area contributed by atoms with Crippen LogP contribution in [0.15, 0.2) is 35.5 Å². The lowest BCUT2D eigenvalue weighted by Crippen LogP contribution is -2.41. The topological polar surface area (TPSA) is 84.2 Å². The van der Waals surface area contributed by atoms with E-state index in [1.165, 1.54) is 12.1 Å². The van der Waals surface area contributed by atoms with Crippen molar-refractivity contribution in [1.82, 2.24) is 14.5 Å². The Balaban J connectivity index is 1.91. The Labute approximate surface area is 140 Å². The summed E-state index contributed by atoms with van der Waals surface area (Å²) in [6.07, 6.45) is 4.05. The van der Waals surface area contributed by atoms with Crippen molar-refractivity contribution in [2.45, 2.75) is 36.8 Å². The van der Waals surface area contributed by atoms with E-state index in [1.54, 1.807) is 31.0 Å².